The zero-order valence-electron chi connectivity index (χ0n) is 20.3. The molecule has 0 saturated carbocycles. The number of ether oxygens (including phenoxy) is 1. The van der Waals surface area contributed by atoms with E-state index in [1.807, 2.05) is 30.3 Å². The number of carbonyl (C=O) groups is 2. The summed E-state index contributed by atoms with van der Waals surface area (Å²) >= 11 is 13.4. The quantitative estimate of drug-likeness (QED) is 0.226. The Morgan fingerprint density at radius 1 is 0.872 bits per heavy atom. The maximum atomic E-state index is 13.5. The molecular formula is C30H20Cl2N2O4S. The van der Waals surface area contributed by atoms with Crippen molar-refractivity contribution in [1.29, 1.82) is 0 Å². The number of benzene rings is 4. The number of aromatic carboxylic acids is 1. The lowest BCUT2D eigenvalue weighted by atomic mass is 10.1. The van der Waals surface area contributed by atoms with E-state index in [4.69, 9.17) is 38.0 Å². The zero-order valence-corrected chi connectivity index (χ0v) is 22.6. The minimum atomic E-state index is -0.967. The molecule has 39 heavy (non-hydrogen) atoms. The third kappa shape index (κ3) is 6.52. The standard InChI is InChI=1S/C30H20Cl2N2O4S/c31-22-7-11-24(12-8-22)33-30-34(25-13-9-23(32)10-14-25)28(35)27(39-30)17-19-3-15-26(16-4-19)38-18-20-1-5-21(6-2-20)29(36)37/h1-17H,18H2,(H,36,37). The fourth-order valence-corrected chi connectivity index (χ4v) is 4.97. The number of aliphatic imine (C=N–C) groups is 1. The van der Waals surface area contributed by atoms with E-state index in [2.05, 4.69) is 0 Å². The average molecular weight is 575 g/mol. The number of carboxylic acid groups (broad SMARTS) is 1. The van der Waals surface area contributed by atoms with Crippen LogP contribution >= 0.6 is 35.0 Å². The highest BCUT2D eigenvalue weighted by Gasteiger charge is 2.34. The van der Waals surface area contributed by atoms with Crippen LogP contribution in [0.1, 0.15) is 21.5 Å². The van der Waals surface area contributed by atoms with E-state index in [9.17, 15) is 9.59 Å². The molecule has 1 N–H and O–H groups in total. The van der Waals surface area contributed by atoms with Crippen molar-refractivity contribution in [3.8, 4) is 5.75 Å². The van der Waals surface area contributed by atoms with Gasteiger partial charge in [-0.1, -0.05) is 47.5 Å². The number of rotatable bonds is 7. The number of anilines is 1. The van der Waals surface area contributed by atoms with Crippen LogP contribution < -0.4 is 9.64 Å². The number of hydrogen-bond acceptors (Lipinski definition) is 5. The lowest BCUT2D eigenvalue weighted by molar-refractivity contribution is -0.113. The first-order valence-electron chi connectivity index (χ1n) is 11.7. The van der Waals surface area contributed by atoms with Gasteiger partial charge in [-0.3, -0.25) is 9.69 Å². The number of halogens is 2. The summed E-state index contributed by atoms with van der Waals surface area (Å²) in [6.45, 7) is 0.301. The molecule has 1 fully saturated rings. The van der Waals surface area contributed by atoms with E-state index in [1.54, 1.807) is 77.7 Å². The van der Waals surface area contributed by atoms with Crippen LogP contribution in [0, 0.1) is 0 Å². The lowest BCUT2D eigenvalue weighted by Gasteiger charge is -2.15. The Morgan fingerprint density at radius 3 is 2.10 bits per heavy atom. The van der Waals surface area contributed by atoms with Crippen LogP contribution in [0.3, 0.4) is 0 Å². The number of carbonyl (C=O) groups excluding carboxylic acids is 1. The van der Waals surface area contributed by atoms with Crippen molar-refractivity contribution in [2.24, 2.45) is 4.99 Å². The zero-order chi connectivity index (χ0) is 27.4. The number of hydrogen-bond donors (Lipinski definition) is 1. The Labute approximate surface area is 239 Å². The highest BCUT2D eigenvalue weighted by molar-refractivity contribution is 8.19. The third-order valence-corrected chi connectivity index (χ3v) is 7.20. The van der Waals surface area contributed by atoms with Crippen LogP contribution in [-0.4, -0.2) is 22.2 Å². The molecule has 0 radical (unpaired) electrons. The second kappa shape index (κ2) is 11.8. The number of amidine groups is 1. The molecule has 4 aromatic rings. The van der Waals surface area contributed by atoms with Gasteiger partial charge in [0.15, 0.2) is 5.17 Å². The van der Waals surface area contributed by atoms with Gasteiger partial charge in [-0.2, -0.15) is 0 Å². The predicted molar refractivity (Wildman–Crippen MR) is 157 cm³/mol. The fourth-order valence-electron chi connectivity index (χ4n) is 3.71. The van der Waals surface area contributed by atoms with Gasteiger partial charge in [-0.25, -0.2) is 9.79 Å². The summed E-state index contributed by atoms with van der Waals surface area (Å²) in [5.74, 6) is -0.511. The molecule has 0 aliphatic carbocycles. The first-order chi connectivity index (χ1) is 18.9. The molecule has 0 atom stereocenters. The summed E-state index contributed by atoms with van der Waals surface area (Å²) in [6, 6.07) is 28.0. The van der Waals surface area contributed by atoms with Crippen molar-refractivity contribution in [2.45, 2.75) is 6.61 Å². The Bertz CT molecular complexity index is 1570. The molecule has 1 heterocycles. The molecule has 1 aliphatic heterocycles. The molecule has 5 rings (SSSR count). The van der Waals surface area contributed by atoms with Crippen LogP contribution in [0.5, 0.6) is 5.75 Å². The van der Waals surface area contributed by atoms with Crippen LogP contribution in [0.25, 0.3) is 6.08 Å². The number of thioether (sulfide) groups is 1. The molecular weight excluding hydrogens is 555 g/mol. The van der Waals surface area contributed by atoms with Crippen LogP contribution in [0.4, 0.5) is 11.4 Å². The van der Waals surface area contributed by atoms with E-state index in [-0.39, 0.29) is 11.5 Å². The molecule has 1 saturated heterocycles. The summed E-state index contributed by atoms with van der Waals surface area (Å²) in [4.78, 5) is 31.3. The normalized spacial score (nSPS) is 15.2. The SMILES string of the molecule is O=C(O)c1ccc(COc2ccc(C=C3SC(=Nc4ccc(Cl)cc4)N(c4ccc(Cl)cc4)C3=O)cc2)cc1. The van der Waals surface area contributed by atoms with Crippen LogP contribution in [0.2, 0.25) is 10.0 Å². The summed E-state index contributed by atoms with van der Waals surface area (Å²) in [5.41, 5.74) is 3.25. The smallest absolute Gasteiger partial charge is 0.335 e. The van der Waals surface area contributed by atoms with E-state index in [1.165, 1.54) is 11.8 Å². The molecule has 4 aromatic carbocycles. The van der Waals surface area contributed by atoms with Gasteiger partial charge in [0.2, 0.25) is 0 Å². The van der Waals surface area contributed by atoms with E-state index in [0.717, 1.165) is 11.1 Å². The largest absolute Gasteiger partial charge is 0.489 e. The number of nitrogens with zero attached hydrogens (tertiary/aromatic N) is 2. The van der Waals surface area contributed by atoms with Crippen molar-refractivity contribution in [2.75, 3.05) is 4.90 Å². The Kier molecular flexibility index (Phi) is 8.02. The van der Waals surface area contributed by atoms with Gasteiger partial charge in [0.1, 0.15) is 12.4 Å². The van der Waals surface area contributed by atoms with Gasteiger partial charge in [0.25, 0.3) is 5.91 Å². The summed E-state index contributed by atoms with van der Waals surface area (Å²) in [5, 5.41) is 10.7. The van der Waals surface area contributed by atoms with Crippen molar-refractivity contribution in [3.63, 3.8) is 0 Å². The fraction of sp³-hybridized carbons (Fsp3) is 0.0333. The van der Waals surface area contributed by atoms with Gasteiger partial charge in [0.05, 0.1) is 21.8 Å². The second-order valence-corrected chi connectivity index (χ2v) is 10.3. The lowest BCUT2D eigenvalue weighted by Crippen LogP contribution is -2.28. The molecule has 6 nitrogen and oxygen atoms in total. The van der Waals surface area contributed by atoms with E-state index < -0.39 is 5.97 Å². The first kappa shape index (κ1) is 26.6. The van der Waals surface area contributed by atoms with Crippen molar-refractivity contribution < 1.29 is 19.4 Å². The first-order valence-corrected chi connectivity index (χ1v) is 13.3. The van der Waals surface area contributed by atoms with Crippen molar-refractivity contribution >= 4 is 69.5 Å². The minimum absolute atomic E-state index is 0.194. The van der Waals surface area contributed by atoms with Gasteiger partial charge < -0.3 is 9.84 Å². The van der Waals surface area contributed by atoms with Crippen LogP contribution in [0.15, 0.2) is 107 Å². The molecule has 194 valence electrons. The monoisotopic (exact) mass is 574 g/mol. The van der Waals surface area contributed by atoms with Crippen LogP contribution in [-0.2, 0) is 11.4 Å². The van der Waals surface area contributed by atoms with Gasteiger partial charge in [0, 0.05) is 10.0 Å². The maximum Gasteiger partial charge on any atom is 0.335 e. The summed E-state index contributed by atoms with van der Waals surface area (Å²) < 4.78 is 5.83. The highest BCUT2D eigenvalue weighted by atomic mass is 35.5. The number of amides is 1. The number of carboxylic acids is 1. The molecule has 1 amide bonds. The molecule has 1 aliphatic rings. The predicted octanol–water partition coefficient (Wildman–Crippen LogP) is 8.08. The molecule has 0 unspecified atom stereocenters. The average Bonchev–Trinajstić information content (AvgIpc) is 3.24. The van der Waals surface area contributed by atoms with E-state index in [0.29, 0.717) is 43.8 Å². The van der Waals surface area contributed by atoms with Gasteiger partial charge >= 0.3 is 5.97 Å². The van der Waals surface area contributed by atoms with Gasteiger partial charge in [-0.05, 0) is 102 Å². The molecule has 0 bridgehead atoms. The van der Waals surface area contributed by atoms with E-state index >= 15 is 0 Å². The van der Waals surface area contributed by atoms with Crippen molar-refractivity contribution in [3.05, 3.63) is 129 Å². The Morgan fingerprint density at radius 2 is 1.49 bits per heavy atom. The molecule has 0 spiro atoms. The Balaban J connectivity index is 1.35. The van der Waals surface area contributed by atoms with Crippen molar-refractivity contribution in [1.82, 2.24) is 0 Å². The third-order valence-electron chi connectivity index (χ3n) is 5.73. The topological polar surface area (TPSA) is 79.2 Å². The maximum absolute atomic E-state index is 13.5. The Hall–Kier alpha value is -4.04. The summed E-state index contributed by atoms with van der Waals surface area (Å²) in [6.07, 6.45) is 1.81. The highest BCUT2D eigenvalue weighted by Crippen LogP contribution is 2.38. The van der Waals surface area contributed by atoms with Gasteiger partial charge in [-0.15, -0.1) is 0 Å². The summed E-state index contributed by atoms with van der Waals surface area (Å²) in [7, 11) is 0. The molecule has 0 aromatic heterocycles. The molecule has 9 heteroatoms. The minimum Gasteiger partial charge on any atom is -0.489 e. The second-order valence-electron chi connectivity index (χ2n) is 8.46.